The summed E-state index contributed by atoms with van der Waals surface area (Å²) in [5.41, 5.74) is 5.64. The van der Waals surface area contributed by atoms with E-state index in [0.717, 1.165) is 12.8 Å². The number of carboxylic acids is 1. The molecule has 0 spiro atoms. The zero-order valence-electron chi connectivity index (χ0n) is 8.79. The number of hydrogen-bond acceptors (Lipinski definition) is 2. The van der Waals surface area contributed by atoms with Crippen molar-refractivity contribution >= 4 is 5.97 Å². The van der Waals surface area contributed by atoms with E-state index in [9.17, 15) is 4.79 Å². The molecule has 0 aliphatic rings. The van der Waals surface area contributed by atoms with Crippen LogP contribution in [0, 0.1) is 11.8 Å². The molecule has 0 saturated heterocycles. The third kappa shape index (κ3) is 6.58. The molecule has 0 unspecified atom stereocenters. The second-order valence-electron chi connectivity index (χ2n) is 4.16. The first kappa shape index (κ1) is 12.4. The Labute approximate surface area is 80.3 Å². The Kier molecular flexibility index (Phi) is 5.71. The smallest absolute Gasteiger partial charge is 0.304 e. The fourth-order valence-corrected chi connectivity index (χ4v) is 1.14. The van der Waals surface area contributed by atoms with Crippen LogP contribution in [0.2, 0.25) is 0 Å². The summed E-state index contributed by atoms with van der Waals surface area (Å²) in [6.45, 7) is 6.53. The number of carbonyl (C=O) groups is 1. The Morgan fingerprint density at radius 1 is 1.31 bits per heavy atom. The van der Waals surface area contributed by atoms with Crippen LogP contribution in [-0.2, 0) is 4.79 Å². The standard InChI is InChI=1S/C10H21NO2/c1-7(2)8(3)4-5-9(11)6-10(12)13/h7-9H,4-6,11H2,1-3H3,(H,12,13)/t8-,9+/m1/s1. The summed E-state index contributed by atoms with van der Waals surface area (Å²) in [6.07, 6.45) is 1.92. The van der Waals surface area contributed by atoms with Gasteiger partial charge in [0.05, 0.1) is 6.42 Å². The lowest BCUT2D eigenvalue weighted by molar-refractivity contribution is -0.137. The molecule has 0 aromatic heterocycles. The van der Waals surface area contributed by atoms with Gasteiger partial charge in [-0.2, -0.15) is 0 Å². The molecule has 3 N–H and O–H groups in total. The third-order valence-electron chi connectivity index (χ3n) is 2.57. The molecule has 0 rings (SSSR count). The minimum atomic E-state index is -0.801. The first-order valence-electron chi connectivity index (χ1n) is 4.90. The molecule has 0 radical (unpaired) electrons. The van der Waals surface area contributed by atoms with Crippen LogP contribution in [0.15, 0.2) is 0 Å². The van der Waals surface area contributed by atoms with Gasteiger partial charge in [-0.1, -0.05) is 20.8 Å². The van der Waals surface area contributed by atoms with Gasteiger partial charge in [-0.25, -0.2) is 0 Å². The fraction of sp³-hybridized carbons (Fsp3) is 0.900. The first-order chi connectivity index (χ1) is 5.93. The van der Waals surface area contributed by atoms with E-state index >= 15 is 0 Å². The molecular weight excluding hydrogens is 166 g/mol. The molecule has 0 bridgehead atoms. The van der Waals surface area contributed by atoms with Crippen molar-refractivity contribution in [1.82, 2.24) is 0 Å². The van der Waals surface area contributed by atoms with E-state index in [1.807, 2.05) is 0 Å². The van der Waals surface area contributed by atoms with Crippen LogP contribution in [0.4, 0.5) is 0 Å². The summed E-state index contributed by atoms with van der Waals surface area (Å²) in [4.78, 5) is 10.3. The normalized spacial score (nSPS) is 15.8. The predicted molar refractivity (Wildman–Crippen MR) is 53.5 cm³/mol. The van der Waals surface area contributed by atoms with Gasteiger partial charge in [-0.05, 0) is 24.7 Å². The maximum atomic E-state index is 10.3. The molecule has 78 valence electrons. The van der Waals surface area contributed by atoms with Crippen LogP contribution < -0.4 is 5.73 Å². The quantitative estimate of drug-likeness (QED) is 0.667. The largest absolute Gasteiger partial charge is 0.481 e. The summed E-state index contributed by atoms with van der Waals surface area (Å²) in [6, 6.07) is -0.182. The highest BCUT2D eigenvalue weighted by molar-refractivity contribution is 5.67. The van der Waals surface area contributed by atoms with Gasteiger partial charge in [0.1, 0.15) is 0 Å². The zero-order chi connectivity index (χ0) is 10.4. The Balaban J connectivity index is 3.57. The number of hydrogen-bond donors (Lipinski definition) is 2. The van der Waals surface area contributed by atoms with Gasteiger partial charge in [0.2, 0.25) is 0 Å². The summed E-state index contributed by atoms with van der Waals surface area (Å²) < 4.78 is 0. The molecule has 0 aliphatic heterocycles. The monoisotopic (exact) mass is 187 g/mol. The Bertz CT molecular complexity index is 157. The maximum absolute atomic E-state index is 10.3. The van der Waals surface area contributed by atoms with Crippen molar-refractivity contribution in [3.63, 3.8) is 0 Å². The van der Waals surface area contributed by atoms with Crippen molar-refractivity contribution in [1.29, 1.82) is 0 Å². The van der Waals surface area contributed by atoms with E-state index in [1.165, 1.54) is 0 Å². The van der Waals surface area contributed by atoms with Gasteiger partial charge in [0.25, 0.3) is 0 Å². The molecule has 0 heterocycles. The van der Waals surface area contributed by atoms with Gasteiger partial charge in [-0.15, -0.1) is 0 Å². The highest BCUT2D eigenvalue weighted by Crippen LogP contribution is 2.17. The molecule has 0 aromatic carbocycles. The van der Waals surface area contributed by atoms with Gasteiger partial charge >= 0.3 is 5.97 Å². The van der Waals surface area contributed by atoms with Crippen molar-refractivity contribution in [2.45, 2.75) is 46.1 Å². The highest BCUT2D eigenvalue weighted by Gasteiger charge is 2.12. The van der Waals surface area contributed by atoms with E-state index < -0.39 is 5.97 Å². The minimum absolute atomic E-state index is 0.0881. The highest BCUT2D eigenvalue weighted by atomic mass is 16.4. The second kappa shape index (κ2) is 5.97. The summed E-state index contributed by atoms with van der Waals surface area (Å²) in [5, 5.41) is 8.48. The van der Waals surface area contributed by atoms with Crippen LogP contribution >= 0.6 is 0 Å². The SMILES string of the molecule is CC(C)[C@H](C)CC[C@H](N)CC(=O)O. The van der Waals surface area contributed by atoms with Crippen molar-refractivity contribution in [2.24, 2.45) is 17.6 Å². The Hall–Kier alpha value is -0.570. The molecule has 2 atom stereocenters. The lowest BCUT2D eigenvalue weighted by Crippen LogP contribution is -2.24. The first-order valence-corrected chi connectivity index (χ1v) is 4.90. The van der Waals surface area contributed by atoms with E-state index in [-0.39, 0.29) is 12.5 Å². The number of nitrogens with two attached hydrogens (primary N) is 1. The van der Waals surface area contributed by atoms with Crippen molar-refractivity contribution in [2.75, 3.05) is 0 Å². The van der Waals surface area contributed by atoms with Crippen molar-refractivity contribution < 1.29 is 9.90 Å². The summed E-state index contributed by atoms with van der Waals surface area (Å²) in [5.74, 6) is 0.474. The van der Waals surface area contributed by atoms with Crippen LogP contribution in [0.5, 0.6) is 0 Å². The lowest BCUT2D eigenvalue weighted by Gasteiger charge is -2.17. The van der Waals surface area contributed by atoms with E-state index in [4.69, 9.17) is 10.8 Å². The van der Waals surface area contributed by atoms with E-state index in [0.29, 0.717) is 11.8 Å². The number of rotatable bonds is 6. The predicted octanol–water partition coefficient (Wildman–Crippen LogP) is 1.86. The van der Waals surface area contributed by atoms with Crippen LogP contribution in [0.1, 0.15) is 40.0 Å². The molecular formula is C10H21NO2. The average molecular weight is 187 g/mol. The summed E-state index contributed by atoms with van der Waals surface area (Å²) >= 11 is 0. The summed E-state index contributed by atoms with van der Waals surface area (Å²) in [7, 11) is 0. The second-order valence-corrected chi connectivity index (χ2v) is 4.16. The molecule has 0 aromatic rings. The van der Waals surface area contributed by atoms with Gasteiger partial charge in [-0.3, -0.25) is 4.79 Å². The Morgan fingerprint density at radius 3 is 2.23 bits per heavy atom. The number of carboxylic acid groups (broad SMARTS) is 1. The topological polar surface area (TPSA) is 63.3 Å². The molecule has 0 fully saturated rings. The molecule has 3 nitrogen and oxygen atoms in total. The molecule has 13 heavy (non-hydrogen) atoms. The molecule has 0 amide bonds. The maximum Gasteiger partial charge on any atom is 0.304 e. The third-order valence-corrected chi connectivity index (χ3v) is 2.57. The number of aliphatic carboxylic acids is 1. The van der Waals surface area contributed by atoms with Gasteiger partial charge in [0.15, 0.2) is 0 Å². The molecule has 0 aliphatic carbocycles. The molecule has 0 saturated carbocycles. The molecule has 3 heteroatoms. The van der Waals surface area contributed by atoms with Crippen LogP contribution in [0.3, 0.4) is 0 Å². The van der Waals surface area contributed by atoms with Crippen LogP contribution in [0.25, 0.3) is 0 Å². The van der Waals surface area contributed by atoms with Crippen molar-refractivity contribution in [3.05, 3.63) is 0 Å². The lowest BCUT2D eigenvalue weighted by atomic mass is 9.91. The Morgan fingerprint density at radius 2 is 1.85 bits per heavy atom. The zero-order valence-corrected chi connectivity index (χ0v) is 8.79. The fourth-order valence-electron chi connectivity index (χ4n) is 1.14. The van der Waals surface area contributed by atoms with E-state index in [1.54, 1.807) is 0 Å². The van der Waals surface area contributed by atoms with Crippen LogP contribution in [-0.4, -0.2) is 17.1 Å². The van der Waals surface area contributed by atoms with Gasteiger partial charge in [0, 0.05) is 6.04 Å². The average Bonchev–Trinajstić information content (AvgIpc) is 1.98. The van der Waals surface area contributed by atoms with Gasteiger partial charge < -0.3 is 10.8 Å². The van der Waals surface area contributed by atoms with Crippen molar-refractivity contribution in [3.8, 4) is 0 Å². The minimum Gasteiger partial charge on any atom is -0.481 e. The van der Waals surface area contributed by atoms with E-state index in [2.05, 4.69) is 20.8 Å².